The molecule has 0 unspecified atom stereocenters. The second kappa shape index (κ2) is 6.34. The van der Waals surface area contributed by atoms with Crippen LogP contribution in [0.15, 0.2) is 58.7 Å². The maximum atomic E-state index is 5.78. The third-order valence-electron chi connectivity index (χ3n) is 2.22. The maximum absolute atomic E-state index is 5.78. The Balaban J connectivity index is 1.98. The third-order valence-corrected chi connectivity index (χ3v) is 2.72. The summed E-state index contributed by atoms with van der Waals surface area (Å²) in [6.07, 6.45) is 3.34. The highest BCUT2D eigenvalue weighted by molar-refractivity contribution is 6.30. The number of rotatable bonds is 3. The van der Waals surface area contributed by atoms with Gasteiger partial charge in [0.25, 0.3) is 0 Å². The van der Waals surface area contributed by atoms with Gasteiger partial charge in [0.05, 0.1) is 12.4 Å². The minimum absolute atomic E-state index is 0.705. The van der Waals surface area contributed by atoms with Crippen molar-refractivity contribution in [2.45, 2.75) is 0 Å². The lowest BCUT2D eigenvalue weighted by Crippen LogP contribution is -1.80. The first kappa shape index (κ1) is 12.8. The first-order valence-corrected chi connectivity index (χ1v) is 6.07. The molecule has 0 aromatic heterocycles. The summed E-state index contributed by atoms with van der Waals surface area (Å²) in [5.74, 6) is 0. The van der Waals surface area contributed by atoms with Gasteiger partial charge >= 0.3 is 0 Å². The van der Waals surface area contributed by atoms with E-state index in [0.29, 0.717) is 10.0 Å². The molecule has 0 bridgehead atoms. The van der Waals surface area contributed by atoms with Crippen LogP contribution in [0.4, 0.5) is 0 Å². The highest BCUT2D eigenvalue weighted by Crippen LogP contribution is 2.09. The van der Waals surface area contributed by atoms with E-state index in [2.05, 4.69) is 10.2 Å². The standard InChI is InChI=1S/C14H10Cl2N2/c15-13-5-1-11(2-6-13)9-17-18-10-12-3-7-14(16)8-4-12/h1-10H/b17-9-,18-10-. The minimum Gasteiger partial charge on any atom is -0.159 e. The van der Waals surface area contributed by atoms with Gasteiger partial charge in [-0.2, -0.15) is 10.2 Å². The van der Waals surface area contributed by atoms with E-state index < -0.39 is 0 Å². The van der Waals surface area contributed by atoms with Gasteiger partial charge in [0.2, 0.25) is 0 Å². The van der Waals surface area contributed by atoms with Crippen LogP contribution in [0.1, 0.15) is 11.1 Å². The molecule has 0 atom stereocenters. The molecule has 0 aliphatic rings. The zero-order chi connectivity index (χ0) is 12.8. The molecule has 0 aliphatic carbocycles. The minimum atomic E-state index is 0.705. The molecule has 0 spiro atoms. The van der Waals surface area contributed by atoms with Crippen molar-refractivity contribution in [2.24, 2.45) is 10.2 Å². The van der Waals surface area contributed by atoms with E-state index in [4.69, 9.17) is 23.2 Å². The van der Waals surface area contributed by atoms with E-state index in [1.807, 2.05) is 48.5 Å². The van der Waals surface area contributed by atoms with Crippen LogP contribution >= 0.6 is 23.2 Å². The lowest BCUT2D eigenvalue weighted by Gasteiger charge is -1.92. The summed E-state index contributed by atoms with van der Waals surface area (Å²) in [4.78, 5) is 0. The van der Waals surface area contributed by atoms with Crippen molar-refractivity contribution in [2.75, 3.05) is 0 Å². The molecular weight excluding hydrogens is 267 g/mol. The summed E-state index contributed by atoms with van der Waals surface area (Å²) in [7, 11) is 0. The molecule has 90 valence electrons. The lowest BCUT2D eigenvalue weighted by molar-refractivity contribution is 1.26. The van der Waals surface area contributed by atoms with Crippen molar-refractivity contribution in [1.82, 2.24) is 0 Å². The molecular formula is C14H10Cl2N2. The average molecular weight is 277 g/mol. The Morgan fingerprint density at radius 2 is 0.944 bits per heavy atom. The number of hydrogen-bond acceptors (Lipinski definition) is 2. The second-order valence-electron chi connectivity index (χ2n) is 3.59. The van der Waals surface area contributed by atoms with Crippen molar-refractivity contribution >= 4 is 35.6 Å². The quantitative estimate of drug-likeness (QED) is 0.585. The van der Waals surface area contributed by atoms with Crippen LogP contribution in [-0.2, 0) is 0 Å². The topological polar surface area (TPSA) is 24.7 Å². The molecule has 2 nitrogen and oxygen atoms in total. The smallest absolute Gasteiger partial charge is 0.0568 e. The largest absolute Gasteiger partial charge is 0.159 e. The summed E-state index contributed by atoms with van der Waals surface area (Å²) >= 11 is 11.6. The average Bonchev–Trinajstić information content (AvgIpc) is 2.39. The Labute approximate surface area is 116 Å². The Morgan fingerprint density at radius 3 is 1.28 bits per heavy atom. The first-order valence-electron chi connectivity index (χ1n) is 5.31. The SMILES string of the molecule is Clc1ccc(/C=N\N=C/c2ccc(Cl)cc2)cc1. The Hall–Kier alpha value is -1.64. The summed E-state index contributed by atoms with van der Waals surface area (Å²) in [5.41, 5.74) is 1.90. The molecule has 2 rings (SSSR count). The van der Waals surface area contributed by atoms with Crippen molar-refractivity contribution in [3.63, 3.8) is 0 Å². The molecule has 0 saturated heterocycles. The zero-order valence-electron chi connectivity index (χ0n) is 9.42. The van der Waals surface area contributed by atoms with Crippen LogP contribution in [-0.4, -0.2) is 12.4 Å². The number of hydrogen-bond donors (Lipinski definition) is 0. The van der Waals surface area contributed by atoms with Gasteiger partial charge in [-0.05, 0) is 35.4 Å². The van der Waals surface area contributed by atoms with Crippen molar-refractivity contribution in [3.8, 4) is 0 Å². The van der Waals surface area contributed by atoms with Crippen molar-refractivity contribution in [1.29, 1.82) is 0 Å². The number of nitrogens with zero attached hydrogens (tertiary/aromatic N) is 2. The van der Waals surface area contributed by atoms with E-state index in [-0.39, 0.29) is 0 Å². The van der Waals surface area contributed by atoms with Crippen molar-refractivity contribution in [3.05, 3.63) is 69.7 Å². The zero-order valence-corrected chi connectivity index (χ0v) is 10.9. The van der Waals surface area contributed by atoms with Gasteiger partial charge in [-0.15, -0.1) is 0 Å². The molecule has 4 heteroatoms. The van der Waals surface area contributed by atoms with Crippen molar-refractivity contribution < 1.29 is 0 Å². The van der Waals surface area contributed by atoms with E-state index in [0.717, 1.165) is 11.1 Å². The fourth-order valence-corrected chi connectivity index (χ4v) is 1.55. The van der Waals surface area contributed by atoms with Crippen LogP contribution in [0, 0.1) is 0 Å². The van der Waals surface area contributed by atoms with Gasteiger partial charge in [0.15, 0.2) is 0 Å². The van der Waals surface area contributed by atoms with Gasteiger partial charge in [-0.25, -0.2) is 0 Å². The van der Waals surface area contributed by atoms with E-state index in [9.17, 15) is 0 Å². The lowest BCUT2D eigenvalue weighted by atomic mass is 10.2. The normalized spacial score (nSPS) is 11.4. The van der Waals surface area contributed by atoms with Crippen LogP contribution in [0.2, 0.25) is 10.0 Å². The third kappa shape index (κ3) is 3.99. The van der Waals surface area contributed by atoms with Crippen LogP contribution in [0.25, 0.3) is 0 Å². The Morgan fingerprint density at radius 1 is 0.611 bits per heavy atom. The first-order chi connectivity index (χ1) is 8.74. The predicted molar refractivity (Wildman–Crippen MR) is 78.1 cm³/mol. The fraction of sp³-hybridized carbons (Fsp3) is 0. The Bertz CT molecular complexity index is 504. The fourth-order valence-electron chi connectivity index (χ4n) is 1.30. The van der Waals surface area contributed by atoms with E-state index >= 15 is 0 Å². The molecule has 0 N–H and O–H groups in total. The predicted octanol–water partition coefficient (Wildman–Crippen LogP) is 4.45. The maximum Gasteiger partial charge on any atom is 0.0568 e. The molecule has 0 amide bonds. The molecule has 0 heterocycles. The van der Waals surface area contributed by atoms with Gasteiger partial charge < -0.3 is 0 Å². The number of benzene rings is 2. The molecule has 0 aliphatic heterocycles. The Kier molecular flexibility index (Phi) is 4.51. The summed E-state index contributed by atoms with van der Waals surface area (Å²) in [5, 5.41) is 9.33. The molecule has 0 saturated carbocycles. The van der Waals surface area contributed by atoms with Crippen LogP contribution in [0.5, 0.6) is 0 Å². The molecule has 18 heavy (non-hydrogen) atoms. The van der Waals surface area contributed by atoms with Gasteiger partial charge in [-0.1, -0.05) is 47.5 Å². The molecule has 2 aromatic rings. The molecule has 2 aromatic carbocycles. The monoisotopic (exact) mass is 276 g/mol. The van der Waals surface area contributed by atoms with Crippen LogP contribution in [0.3, 0.4) is 0 Å². The summed E-state index contributed by atoms with van der Waals surface area (Å²) < 4.78 is 0. The molecule has 0 fully saturated rings. The summed E-state index contributed by atoms with van der Waals surface area (Å²) in [6.45, 7) is 0. The highest BCUT2D eigenvalue weighted by Gasteiger charge is 1.89. The van der Waals surface area contributed by atoms with E-state index in [1.165, 1.54) is 0 Å². The second-order valence-corrected chi connectivity index (χ2v) is 4.47. The van der Waals surface area contributed by atoms with E-state index in [1.54, 1.807) is 12.4 Å². The van der Waals surface area contributed by atoms with Gasteiger partial charge in [0.1, 0.15) is 0 Å². The van der Waals surface area contributed by atoms with Gasteiger partial charge in [0, 0.05) is 10.0 Å². The highest BCUT2D eigenvalue weighted by atomic mass is 35.5. The van der Waals surface area contributed by atoms with Crippen LogP contribution < -0.4 is 0 Å². The molecule has 0 radical (unpaired) electrons. The van der Waals surface area contributed by atoms with Gasteiger partial charge in [-0.3, -0.25) is 0 Å². The number of halogens is 2. The summed E-state index contributed by atoms with van der Waals surface area (Å²) in [6, 6.07) is 14.8.